The number of carbonyl (C=O) groups excluding carboxylic acids is 2. The van der Waals surface area contributed by atoms with Crippen LogP contribution < -0.4 is 10.2 Å². The number of ether oxygens (including phenoxy) is 1. The zero-order chi connectivity index (χ0) is 24.1. The molecule has 2 aliphatic rings. The van der Waals surface area contributed by atoms with Crippen molar-refractivity contribution in [3.63, 3.8) is 0 Å². The van der Waals surface area contributed by atoms with E-state index in [2.05, 4.69) is 15.1 Å². The van der Waals surface area contributed by atoms with Crippen LogP contribution in [0.3, 0.4) is 0 Å². The maximum Gasteiger partial charge on any atom is 0.341 e. The number of hydrogen-bond acceptors (Lipinski definition) is 6. The molecule has 0 bridgehead atoms. The fourth-order valence-corrected chi connectivity index (χ4v) is 6.30. The van der Waals surface area contributed by atoms with E-state index in [-0.39, 0.29) is 11.8 Å². The van der Waals surface area contributed by atoms with Crippen molar-refractivity contribution in [3.8, 4) is 0 Å². The van der Waals surface area contributed by atoms with Crippen LogP contribution in [0.1, 0.15) is 70.7 Å². The molecule has 34 heavy (non-hydrogen) atoms. The largest absolute Gasteiger partial charge is 0.462 e. The number of nitrogens with one attached hydrogen (secondary N) is 1. The number of nitrogens with zero attached hydrogens (tertiary/aromatic N) is 2. The summed E-state index contributed by atoms with van der Waals surface area (Å²) in [6.45, 7) is 7.06. The van der Waals surface area contributed by atoms with Crippen LogP contribution >= 0.6 is 23.6 Å². The molecule has 4 rings (SSSR count). The van der Waals surface area contributed by atoms with Gasteiger partial charge in [-0.1, -0.05) is 12.8 Å². The standard InChI is InChI=1S/C26H33N3O3S2/c1-3-32-25(31)23-21-8-6-4-5-7-9-22(21)34-24(23)27-26(33)29-16-14-28(15-17-29)20-12-10-19(11-13-20)18(2)30/h10-13H,3-9,14-17H2,1-2H3,(H,27,33). The molecule has 1 aromatic carbocycles. The summed E-state index contributed by atoms with van der Waals surface area (Å²) in [5, 5.41) is 4.90. The number of piperazine rings is 1. The van der Waals surface area contributed by atoms with Gasteiger partial charge >= 0.3 is 5.97 Å². The fraction of sp³-hybridized carbons (Fsp3) is 0.500. The highest BCUT2D eigenvalue weighted by Gasteiger charge is 2.27. The van der Waals surface area contributed by atoms with Gasteiger partial charge in [0.05, 0.1) is 12.2 Å². The minimum Gasteiger partial charge on any atom is -0.462 e. The molecule has 0 atom stereocenters. The van der Waals surface area contributed by atoms with E-state index in [1.54, 1.807) is 18.3 Å². The van der Waals surface area contributed by atoms with Crippen LogP contribution in [0.25, 0.3) is 0 Å². The smallest absolute Gasteiger partial charge is 0.341 e. The number of Topliss-reactive ketones (excluding diaryl/α,β-unsaturated/α-hetero) is 1. The monoisotopic (exact) mass is 499 g/mol. The highest BCUT2D eigenvalue weighted by atomic mass is 32.1. The van der Waals surface area contributed by atoms with E-state index in [4.69, 9.17) is 17.0 Å². The van der Waals surface area contributed by atoms with Gasteiger partial charge in [-0.3, -0.25) is 4.79 Å². The van der Waals surface area contributed by atoms with Crippen LogP contribution in [0.15, 0.2) is 24.3 Å². The quantitative estimate of drug-likeness (QED) is 0.340. The first-order chi connectivity index (χ1) is 16.5. The molecule has 1 aliphatic carbocycles. The zero-order valence-corrected chi connectivity index (χ0v) is 21.7. The summed E-state index contributed by atoms with van der Waals surface area (Å²) in [6, 6.07) is 7.79. The van der Waals surface area contributed by atoms with Gasteiger partial charge in [-0.15, -0.1) is 11.3 Å². The van der Waals surface area contributed by atoms with Crippen molar-refractivity contribution in [1.82, 2.24) is 4.90 Å². The van der Waals surface area contributed by atoms with Gasteiger partial charge in [0.25, 0.3) is 0 Å². The summed E-state index contributed by atoms with van der Waals surface area (Å²) in [5.74, 6) is -0.166. The molecule has 0 radical (unpaired) electrons. The molecule has 182 valence electrons. The fourth-order valence-electron chi connectivity index (χ4n) is 4.68. The molecule has 0 unspecified atom stereocenters. The Bertz CT molecular complexity index is 1040. The molecule has 1 N–H and O–H groups in total. The lowest BCUT2D eigenvalue weighted by atomic mass is 9.96. The number of rotatable bonds is 5. The second-order valence-corrected chi connectivity index (χ2v) is 10.3. The topological polar surface area (TPSA) is 61.9 Å². The van der Waals surface area contributed by atoms with Crippen molar-refractivity contribution < 1.29 is 14.3 Å². The van der Waals surface area contributed by atoms with Gasteiger partial charge in [0.1, 0.15) is 5.00 Å². The predicted molar refractivity (Wildman–Crippen MR) is 143 cm³/mol. The minimum absolute atomic E-state index is 0.0801. The van der Waals surface area contributed by atoms with E-state index in [0.717, 1.165) is 73.7 Å². The van der Waals surface area contributed by atoms with Gasteiger partial charge in [0, 0.05) is 42.3 Å². The molecule has 0 saturated carbocycles. The average Bonchev–Trinajstić information content (AvgIpc) is 3.15. The molecule has 1 aromatic heterocycles. The van der Waals surface area contributed by atoms with Crippen LogP contribution in [-0.4, -0.2) is 54.6 Å². The molecule has 6 nitrogen and oxygen atoms in total. The molecule has 0 spiro atoms. The first-order valence-corrected chi connectivity index (χ1v) is 13.4. The highest BCUT2D eigenvalue weighted by molar-refractivity contribution is 7.80. The Morgan fingerprint density at radius 3 is 2.35 bits per heavy atom. The first kappa shape index (κ1) is 24.7. The van der Waals surface area contributed by atoms with Crippen molar-refractivity contribution in [2.45, 2.75) is 52.4 Å². The SMILES string of the molecule is CCOC(=O)c1c(NC(=S)N2CCN(c3ccc(C(C)=O)cc3)CC2)sc2c1CCCCCC2. The number of ketones is 1. The van der Waals surface area contributed by atoms with Gasteiger partial charge in [-0.05, 0) is 81.6 Å². The molecule has 2 aromatic rings. The highest BCUT2D eigenvalue weighted by Crippen LogP contribution is 2.38. The van der Waals surface area contributed by atoms with E-state index in [1.807, 2.05) is 31.2 Å². The second-order valence-electron chi connectivity index (χ2n) is 8.85. The Morgan fingerprint density at radius 2 is 1.71 bits per heavy atom. The normalized spacial score (nSPS) is 16.3. The van der Waals surface area contributed by atoms with E-state index in [9.17, 15) is 9.59 Å². The number of hydrogen-bond donors (Lipinski definition) is 1. The minimum atomic E-state index is -0.246. The van der Waals surface area contributed by atoms with Crippen molar-refractivity contribution in [2.24, 2.45) is 0 Å². The molecule has 1 saturated heterocycles. The molecule has 2 heterocycles. The number of anilines is 2. The van der Waals surface area contributed by atoms with Crippen LogP contribution in [0, 0.1) is 0 Å². The first-order valence-electron chi connectivity index (χ1n) is 12.2. The Morgan fingerprint density at radius 1 is 1.03 bits per heavy atom. The summed E-state index contributed by atoms with van der Waals surface area (Å²) in [7, 11) is 0. The number of fused-ring (bicyclic) bond motifs is 1. The molecule has 1 fully saturated rings. The molecule has 8 heteroatoms. The molecule has 1 aliphatic heterocycles. The summed E-state index contributed by atoms with van der Waals surface area (Å²) in [4.78, 5) is 30.2. The predicted octanol–water partition coefficient (Wildman–Crippen LogP) is 5.31. The summed E-state index contributed by atoms with van der Waals surface area (Å²) in [5.41, 5.74) is 3.70. The lowest BCUT2D eigenvalue weighted by Crippen LogP contribution is -2.50. The number of esters is 1. The van der Waals surface area contributed by atoms with Crippen molar-refractivity contribution in [2.75, 3.05) is 43.0 Å². The second kappa shape index (κ2) is 11.3. The number of carbonyl (C=O) groups is 2. The Balaban J connectivity index is 1.44. The van der Waals surface area contributed by atoms with Gasteiger partial charge in [-0.25, -0.2) is 4.79 Å². The van der Waals surface area contributed by atoms with Gasteiger partial charge < -0.3 is 19.9 Å². The van der Waals surface area contributed by atoms with Crippen LogP contribution in [0.2, 0.25) is 0 Å². The summed E-state index contributed by atoms with van der Waals surface area (Å²) < 4.78 is 5.42. The van der Waals surface area contributed by atoms with Crippen molar-refractivity contribution in [1.29, 1.82) is 0 Å². The van der Waals surface area contributed by atoms with Crippen molar-refractivity contribution in [3.05, 3.63) is 45.8 Å². The number of thiocarbonyl (C=S) groups is 1. The maximum atomic E-state index is 12.9. The molecular weight excluding hydrogens is 466 g/mol. The number of benzene rings is 1. The van der Waals surface area contributed by atoms with Gasteiger partial charge in [0.2, 0.25) is 0 Å². The number of thiophene rings is 1. The zero-order valence-electron chi connectivity index (χ0n) is 20.0. The molecule has 0 amide bonds. The Kier molecular flexibility index (Phi) is 8.21. The Hall–Kier alpha value is -2.45. The lowest BCUT2D eigenvalue weighted by Gasteiger charge is -2.37. The van der Waals surface area contributed by atoms with Crippen molar-refractivity contribution >= 4 is 51.1 Å². The van der Waals surface area contributed by atoms with E-state index >= 15 is 0 Å². The average molecular weight is 500 g/mol. The third-order valence-corrected chi connectivity index (χ3v) is 8.14. The summed E-state index contributed by atoms with van der Waals surface area (Å²) in [6.07, 6.45) is 6.66. The maximum absolute atomic E-state index is 12.9. The van der Waals surface area contributed by atoms with Gasteiger partial charge in [0.15, 0.2) is 10.9 Å². The lowest BCUT2D eigenvalue weighted by molar-refractivity contribution is 0.0526. The van der Waals surface area contributed by atoms with E-state index < -0.39 is 0 Å². The van der Waals surface area contributed by atoms with E-state index in [1.165, 1.54) is 17.7 Å². The number of aryl methyl sites for hydroxylation is 1. The van der Waals surface area contributed by atoms with Crippen LogP contribution in [0.4, 0.5) is 10.7 Å². The summed E-state index contributed by atoms with van der Waals surface area (Å²) >= 11 is 7.44. The van der Waals surface area contributed by atoms with Crippen LogP contribution in [-0.2, 0) is 17.6 Å². The van der Waals surface area contributed by atoms with Crippen LogP contribution in [0.5, 0.6) is 0 Å². The Labute approximate surface area is 211 Å². The van der Waals surface area contributed by atoms with Gasteiger partial charge in [-0.2, -0.15) is 0 Å². The van der Waals surface area contributed by atoms with E-state index in [0.29, 0.717) is 17.3 Å². The third kappa shape index (κ3) is 5.61. The third-order valence-electron chi connectivity index (χ3n) is 6.58. The molecular formula is C26H33N3O3S2.